The van der Waals surface area contributed by atoms with Crippen molar-refractivity contribution in [3.05, 3.63) is 35.4 Å². The van der Waals surface area contributed by atoms with E-state index >= 15 is 0 Å². The molecule has 8 heteroatoms. The van der Waals surface area contributed by atoms with Crippen molar-refractivity contribution >= 4 is 40.1 Å². The average molecular weight is 420 g/mol. The third-order valence-electron chi connectivity index (χ3n) is 4.73. The predicted octanol–water partition coefficient (Wildman–Crippen LogP) is 4.16. The van der Waals surface area contributed by atoms with Crippen molar-refractivity contribution in [1.29, 1.82) is 0 Å². The minimum Gasteiger partial charge on any atom is -0.465 e. The largest absolute Gasteiger partial charge is 0.465 e. The summed E-state index contributed by atoms with van der Waals surface area (Å²) in [5, 5.41) is 11.4. The van der Waals surface area contributed by atoms with Crippen molar-refractivity contribution in [2.75, 3.05) is 17.7 Å². The van der Waals surface area contributed by atoms with E-state index in [0.717, 1.165) is 18.4 Å². The number of nitrogens with zero attached hydrogens (tertiary/aromatic N) is 2. The molecule has 150 valence electrons. The number of amides is 1. The minimum atomic E-state index is -0.472. The van der Waals surface area contributed by atoms with Gasteiger partial charge in [0.1, 0.15) is 0 Å². The number of esters is 1. The van der Waals surface area contributed by atoms with Crippen molar-refractivity contribution in [3.63, 3.8) is 0 Å². The Morgan fingerprint density at radius 2 is 1.89 bits per heavy atom. The number of hydrogen-bond donors (Lipinski definition) is 1. The summed E-state index contributed by atoms with van der Waals surface area (Å²) in [6, 6.07) is 8.34. The summed E-state index contributed by atoms with van der Waals surface area (Å²) < 4.78 is 5.52. The maximum absolute atomic E-state index is 12.9. The van der Waals surface area contributed by atoms with Gasteiger partial charge >= 0.3 is 5.97 Å². The van der Waals surface area contributed by atoms with Crippen LogP contribution in [-0.2, 0) is 25.2 Å². The van der Waals surface area contributed by atoms with Gasteiger partial charge in [0.05, 0.1) is 17.8 Å². The van der Waals surface area contributed by atoms with Crippen molar-refractivity contribution < 1.29 is 14.3 Å². The third-order valence-corrected chi connectivity index (χ3v) is 6.68. The zero-order valence-electron chi connectivity index (χ0n) is 16.6. The van der Waals surface area contributed by atoms with Crippen LogP contribution in [0.2, 0.25) is 0 Å². The zero-order valence-corrected chi connectivity index (χ0v) is 18.2. The van der Waals surface area contributed by atoms with Crippen LogP contribution in [0, 0.1) is 0 Å². The number of ether oxygens (including phenoxy) is 1. The monoisotopic (exact) mass is 419 g/mol. The highest BCUT2D eigenvalue weighted by molar-refractivity contribution is 8.01. The number of anilines is 1. The van der Waals surface area contributed by atoms with E-state index in [1.54, 1.807) is 6.92 Å². The fourth-order valence-corrected chi connectivity index (χ4v) is 4.46. The van der Waals surface area contributed by atoms with E-state index in [4.69, 9.17) is 4.74 Å². The molecular formula is C20H25N3O3S2. The lowest BCUT2D eigenvalue weighted by atomic mass is 9.85. The lowest BCUT2D eigenvalue weighted by Crippen LogP contribution is -2.28. The number of hydrogen-bond acceptors (Lipinski definition) is 7. The number of benzene rings is 1. The van der Waals surface area contributed by atoms with Gasteiger partial charge in [-0.05, 0) is 36.3 Å². The normalized spacial score (nSPS) is 15.1. The molecule has 1 amide bonds. The molecule has 1 N–H and O–H groups in total. The van der Waals surface area contributed by atoms with E-state index in [2.05, 4.69) is 60.6 Å². The van der Waals surface area contributed by atoms with Crippen molar-refractivity contribution in [3.8, 4) is 0 Å². The second kappa shape index (κ2) is 8.21. The summed E-state index contributed by atoms with van der Waals surface area (Å²) >= 11 is 2.53. The van der Waals surface area contributed by atoms with Crippen LogP contribution in [-0.4, -0.2) is 34.4 Å². The number of nitrogens with one attached hydrogen (secondary N) is 1. The Morgan fingerprint density at radius 1 is 1.21 bits per heavy atom. The van der Waals surface area contributed by atoms with Gasteiger partial charge in [-0.3, -0.25) is 14.9 Å². The lowest BCUT2D eigenvalue weighted by Gasteiger charge is -2.21. The molecule has 0 aliphatic heterocycles. The van der Waals surface area contributed by atoms with Crippen LogP contribution < -0.4 is 5.32 Å². The van der Waals surface area contributed by atoms with Crippen LogP contribution >= 0.6 is 23.1 Å². The molecule has 1 aromatic heterocycles. The van der Waals surface area contributed by atoms with Gasteiger partial charge in [-0.2, -0.15) is 0 Å². The number of carbonyl (C=O) groups excluding carboxylic acids is 2. The van der Waals surface area contributed by atoms with Gasteiger partial charge in [0.15, 0.2) is 4.34 Å². The van der Waals surface area contributed by atoms with E-state index in [1.807, 2.05) is 0 Å². The molecule has 1 aliphatic rings. The Bertz CT molecular complexity index is 852. The summed E-state index contributed by atoms with van der Waals surface area (Å²) in [4.78, 5) is 24.3. The van der Waals surface area contributed by atoms with Crippen LogP contribution in [0.15, 0.2) is 28.6 Å². The molecule has 28 heavy (non-hydrogen) atoms. The maximum atomic E-state index is 12.9. The van der Waals surface area contributed by atoms with Gasteiger partial charge in [0.2, 0.25) is 11.0 Å². The first-order valence-corrected chi connectivity index (χ1v) is 11.1. The van der Waals surface area contributed by atoms with Gasteiger partial charge in [-0.15, -0.1) is 10.2 Å². The van der Waals surface area contributed by atoms with Gasteiger partial charge < -0.3 is 4.74 Å². The molecule has 0 bridgehead atoms. The fourth-order valence-electron chi connectivity index (χ4n) is 2.92. The number of carbonyl (C=O) groups is 2. The highest BCUT2D eigenvalue weighted by atomic mass is 32.2. The molecule has 1 aromatic carbocycles. The summed E-state index contributed by atoms with van der Waals surface area (Å²) in [7, 11) is 0. The molecule has 1 saturated carbocycles. The van der Waals surface area contributed by atoms with Gasteiger partial charge in [-0.25, -0.2) is 0 Å². The van der Waals surface area contributed by atoms with E-state index in [1.165, 1.54) is 28.7 Å². The Balaban J connectivity index is 1.62. The Hall–Kier alpha value is -1.93. The van der Waals surface area contributed by atoms with Crippen molar-refractivity contribution in [2.45, 2.75) is 55.7 Å². The quantitative estimate of drug-likeness (QED) is 0.412. The summed E-state index contributed by atoms with van der Waals surface area (Å²) in [5.41, 5.74) is 1.90. The summed E-state index contributed by atoms with van der Waals surface area (Å²) in [6.45, 7) is 8.65. The average Bonchev–Trinajstić information content (AvgIpc) is 3.35. The van der Waals surface area contributed by atoms with Crippen LogP contribution in [0.5, 0.6) is 0 Å². The molecule has 2 aromatic rings. The van der Waals surface area contributed by atoms with Crippen LogP contribution in [0.1, 0.15) is 51.7 Å². The molecule has 0 radical (unpaired) electrons. The van der Waals surface area contributed by atoms with Gasteiger partial charge in [0, 0.05) is 0 Å². The Labute approximate surface area is 173 Å². The van der Waals surface area contributed by atoms with Crippen LogP contribution in [0.3, 0.4) is 0 Å². The molecular weight excluding hydrogens is 394 g/mol. The first kappa shape index (κ1) is 20.8. The number of rotatable bonds is 7. The highest BCUT2D eigenvalue weighted by Gasteiger charge is 2.51. The van der Waals surface area contributed by atoms with Crippen molar-refractivity contribution in [2.24, 2.45) is 0 Å². The molecule has 6 nitrogen and oxygen atoms in total. The lowest BCUT2D eigenvalue weighted by molar-refractivity contribution is -0.139. The van der Waals surface area contributed by atoms with E-state index in [0.29, 0.717) is 16.1 Å². The first-order chi connectivity index (χ1) is 13.2. The maximum Gasteiger partial charge on any atom is 0.316 e. The highest BCUT2D eigenvalue weighted by Crippen LogP contribution is 2.49. The molecule has 0 atom stereocenters. The molecule has 1 fully saturated rings. The minimum absolute atomic E-state index is 0.0471. The summed E-state index contributed by atoms with van der Waals surface area (Å²) in [6.07, 6.45) is 1.66. The number of aromatic nitrogens is 2. The van der Waals surface area contributed by atoms with Crippen LogP contribution in [0.25, 0.3) is 0 Å². The predicted molar refractivity (Wildman–Crippen MR) is 112 cm³/mol. The molecule has 0 spiro atoms. The zero-order chi connectivity index (χ0) is 20.4. The first-order valence-electron chi connectivity index (χ1n) is 9.29. The standard InChI is InChI=1S/C20H25N3O3S2/c1-5-26-15(24)12-27-18-23-22-17(28-18)21-16(25)20(10-11-20)14-8-6-13(7-9-14)19(2,3)4/h6-9H,5,10-12H2,1-4H3,(H,21,22,25). The van der Waals surface area contributed by atoms with E-state index < -0.39 is 5.41 Å². The summed E-state index contributed by atoms with van der Waals surface area (Å²) in [5.74, 6) is -0.154. The van der Waals surface area contributed by atoms with Gasteiger partial charge in [0.25, 0.3) is 0 Å². The SMILES string of the molecule is CCOC(=O)CSc1nnc(NC(=O)C2(c3ccc(C(C)(C)C)cc3)CC2)s1. The second-order valence-corrected chi connectivity index (χ2v) is 10.0. The second-order valence-electron chi connectivity index (χ2n) is 7.83. The Morgan fingerprint density at radius 3 is 2.46 bits per heavy atom. The third kappa shape index (κ3) is 4.72. The van der Waals surface area contributed by atoms with E-state index in [9.17, 15) is 9.59 Å². The van der Waals surface area contributed by atoms with E-state index in [-0.39, 0.29) is 23.0 Å². The van der Waals surface area contributed by atoms with Crippen LogP contribution in [0.4, 0.5) is 5.13 Å². The topological polar surface area (TPSA) is 81.2 Å². The molecule has 1 heterocycles. The molecule has 0 unspecified atom stereocenters. The molecule has 1 aliphatic carbocycles. The molecule has 0 saturated heterocycles. The number of thioether (sulfide) groups is 1. The van der Waals surface area contributed by atoms with Gasteiger partial charge in [-0.1, -0.05) is 68.1 Å². The smallest absolute Gasteiger partial charge is 0.316 e. The Kier molecular flexibility index (Phi) is 6.09. The van der Waals surface area contributed by atoms with Crippen molar-refractivity contribution in [1.82, 2.24) is 10.2 Å². The fraction of sp³-hybridized carbons (Fsp3) is 0.500. The molecule has 3 rings (SSSR count).